The summed E-state index contributed by atoms with van der Waals surface area (Å²) in [4.78, 5) is 15.6. The van der Waals surface area contributed by atoms with Gasteiger partial charge in [0.1, 0.15) is 6.61 Å². The Morgan fingerprint density at radius 2 is 1.93 bits per heavy atom. The van der Waals surface area contributed by atoms with Gasteiger partial charge in [-0.15, -0.1) is 9.24 Å². The molecule has 5 nitrogen and oxygen atoms in total. The predicted molar refractivity (Wildman–Crippen MR) is 125 cm³/mol. The van der Waals surface area contributed by atoms with Gasteiger partial charge in [0.2, 0.25) is 6.41 Å². The first-order valence-corrected chi connectivity index (χ1v) is 10.9. The first-order valence-electron chi connectivity index (χ1n) is 10.3. The molecule has 0 aromatic heterocycles. The lowest BCUT2D eigenvalue weighted by atomic mass is 10.0. The number of allylic oxidation sites excluding steroid dienone is 3. The molecular formula is C23H37FN3O2P. The van der Waals surface area contributed by atoms with Crippen molar-refractivity contribution in [2.24, 2.45) is 0 Å². The molecular weight excluding hydrogens is 400 g/mol. The topological polar surface area (TPSA) is 56.6 Å². The second kappa shape index (κ2) is 15.7. The van der Waals surface area contributed by atoms with Crippen LogP contribution < -0.4 is 0 Å². The molecule has 0 bridgehead atoms. The Hall–Kier alpha value is -2.12. The summed E-state index contributed by atoms with van der Waals surface area (Å²) in [5.74, 6) is -0.339. The molecule has 0 aliphatic heterocycles. The highest BCUT2D eigenvalue weighted by Gasteiger charge is 2.17. The van der Waals surface area contributed by atoms with Gasteiger partial charge in [-0.2, -0.15) is 5.26 Å². The fourth-order valence-corrected chi connectivity index (χ4v) is 3.47. The first kappa shape index (κ1) is 27.9. The number of carbonyl (C=O) groups is 1. The van der Waals surface area contributed by atoms with Gasteiger partial charge in [0.05, 0.1) is 5.83 Å². The maximum atomic E-state index is 13.6. The third kappa shape index (κ3) is 11.2. The number of ether oxygens (including phenoxy) is 1. The van der Waals surface area contributed by atoms with Crippen LogP contribution >= 0.6 is 9.24 Å². The van der Waals surface area contributed by atoms with Gasteiger partial charge in [0.15, 0.2) is 0 Å². The zero-order valence-electron chi connectivity index (χ0n) is 19.0. The van der Waals surface area contributed by atoms with Gasteiger partial charge in [-0.1, -0.05) is 31.8 Å². The van der Waals surface area contributed by atoms with E-state index in [1.54, 1.807) is 11.2 Å². The Morgan fingerprint density at radius 3 is 2.40 bits per heavy atom. The summed E-state index contributed by atoms with van der Waals surface area (Å²) in [5, 5.41) is 9.68. The van der Waals surface area contributed by atoms with Crippen LogP contribution in [0.4, 0.5) is 4.39 Å². The van der Waals surface area contributed by atoms with Crippen LogP contribution in [-0.4, -0.2) is 48.0 Å². The Bertz CT molecular complexity index is 670. The molecule has 0 saturated heterocycles. The minimum absolute atomic E-state index is 0.0562. The summed E-state index contributed by atoms with van der Waals surface area (Å²) in [5.41, 5.74) is 1.30. The van der Waals surface area contributed by atoms with Gasteiger partial charge in [-0.3, -0.25) is 4.79 Å². The fourth-order valence-electron chi connectivity index (χ4n) is 3.19. The summed E-state index contributed by atoms with van der Waals surface area (Å²) in [6, 6.07) is 0.166. The molecule has 0 radical (unpaired) electrons. The van der Waals surface area contributed by atoms with Crippen molar-refractivity contribution in [2.45, 2.75) is 66.0 Å². The number of hydrogen-bond acceptors (Lipinski definition) is 4. The van der Waals surface area contributed by atoms with Crippen LogP contribution in [0.3, 0.4) is 0 Å². The van der Waals surface area contributed by atoms with Crippen LogP contribution in [0.25, 0.3) is 0 Å². The second-order valence-corrected chi connectivity index (χ2v) is 8.25. The van der Waals surface area contributed by atoms with Crippen LogP contribution in [0.2, 0.25) is 0 Å². The Morgan fingerprint density at radius 1 is 1.30 bits per heavy atom. The molecule has 0 heterocycles. The van der Waals surface area contributed by atoms with Gasteiger partial charge in [-0.25, -0.2) is 4.39 Å². The van der Waals surface area contributed by atoms with E-state index in [0.29, 0.717) is 31.7 Å². The highest BCUT2D eigenvalue weighted by Crippen LogP contribution is 2.20. The SMILES string of the molecule is C=C(/C=C(\C)F)/C(=C\N(CCCOC#N)C(C)/C=C(\C)P)CN(C=O)C(CC)CC. The fraction of sp³-hybridized carbons (Fsp3) is 0.565. The molecule has 0 aromatic rings. The van der Waals surface area contributed by atoms with Crippen molar-refractivity contribution in [1.29, 1.82) is 5.26 Å². The van der Waals surface area contributed by atoms with Crippen LogP contribution in [0.5, 0.6) is 0 Å². The third-order valence-electron chi connectivity index (χ3n) is 4.76. The minimum atomic E-state index is -0.339. The highest BCUT2D eigenvalue weighted by molar-refractivity contribution is 7.22. The normalized spacial score (nSPS) is 13.6. The number of nitrogens with zero attached hydrogens (tertiary/aromatic N) is 3. The summed E-state index contributed by atoms with van der Waals surface area (Å²) in [6.45, 7) is 14.9. The average molecular weight is 438 g/mol. The summed E-state index contributed by atoms with van der Waals surface area (Å²) in [7, 11) is 2.67. The van der Waals surface area contributed by atoms with E-state index in [0.717, 1.165) is 30.1 Å². The highest BCUT2D eigenvalue weighted by atomic mass is 31.0. The molecule has 0 spiro atoms. The van der Waals surface area contributed by atoms with Crippen molar-refractivity contribution >= 4 is 15.6 Å². The lowest BCUT2D eigenvalue weighted by Gasteiger charge is -2.31. The van der Waals surface area contributed by atoms with Crippen LogP contribution in [0, 0.1) is 11.5 Å². The number of halogens is 1. The molecule has 2 atom stereocenters. The zero-order valence-corrected chi connectivity index (χ0v) is 20.2. The maximum Gasteiger partial charge on any atom is 0.286 e. The van der Waals surface area contributed by atoms with E-state index >= 15 is 0 Å². The van der Waals surface area contributed by atoms with E-state index < -0.39 is 0 Å². The molecule has 0 aromatic carbocycles. The summed E-state index contributed by atoms with van der Waals surface area (Å²) in [6.07, 6.45) is 10.3. The number of nitriles is 1. The zero-order chi connectivity index (χ0) is 23.1. The van der Waals surface area contributed by atoms with Crippen LogP contribution in [-0.2, 0) is 9.53 Å². The molecule has 0 N–H and O–H groups in total. The molecule has 1 amide bonds. The third-order valence-corrected chi connectivity index (χ3v) is 4.95. The van der Waals surface area contributed by atoms with Crippen molar-refractivity contribution in [3.8, 4) is 6.26 Å². The van der Waals surface area contributed by atoms with E-state index in [9.17, 15) is 9.18 Å². The molecule has 2 unspecified atom stereocenters. The van der Waals surface area contributed by atoms with Crippen LogP contribution in [0.1, 0.15) is 53.9 Å². The lowest BCUT2D eigenvalue weighted by Crippen LogP contribution is -2.36. The van der Waals surface area contributed by atoms with E-state index in [2.05, 4.69) is 33.7 Å². The number of amides is 1. The van der Waals surface area contributed by atoms with Gasteiger partial charge in [0, 0.05) is 37.8 Å². The van der Waals surface area contributed by atoms with Crippen molar-refractivity contribution in [3.05, 3.63) is 47.2 Å². The monoisotopic (exact) mass is 437 g/mol. The van der Waals surface area contributed by atoms with E-state index in [1.165, 1.54) is 13.0 Å². The molecule has 0 aliphatic rings. The van der Waals surface area contributed by atoms with E-state index in [-0.39, 0.29) is 17.9 Å². The van der Waals surface area contributed by atoms with Crippen molar-refractivity contribution in [2.75, 3.05) is 19.7 Å². The van der Waals surface area contributed by atoms with E-state index in [4.69, 9.17) is 10.00 Å². The standard InChI is InChI=1S/C23H37FN3O2P/c1-7-23(8-2)27(17-28)15-22(18(3)12-19(4)24)14-26(10-9-11-29-16-25)20(5)13-21(6)30/h12-14,17,20,23H,3,7-11,15,30H2,1-2,4-6H3/b19-12+,21-13+,22-14-. The quantitative estimate of drug-likeness (QED) is 0.115. The number of carbonyl (C=O) groups excluding carboxylic acids is 1. The van der Waals surface area contributed by atoms with Gasteiger partial charge < -0.3 is 14.5 Å². The van der Waals surface area contributed by atoms with E-state index in [1.807, 2.05) is 27.0 Å². The average Bonchev–Trinajstić information content (AvgIpc) is 2.67. The maximum absolute atomic E-state index is 13.6. The Kier molecular flexibility index (Phi) is 14.6. The van der Waals surface area contributed by atoms with Gasteiger partial charge in [-0.05, 0) is 50.8 Å². The smallest absolute Gasteiger partial charge is 0.286 e. The van der Waals surface area contributed by atoms with Gasteiger partial charge >= 0.3 is 0 Å². The second-order valence-electron chi connectivity index (χ2n) is 7.34. The lowest BCUT2D eigenvalue weighted by molar-refractivity contribution is -0.119. The number of hydrogen-bond donors (Lipinski definition) is 0. The molecule has 0 fully saturated rings. The van der Waals surface area contributed by atoms with Crippen molar-refractivity contribution in [1.82, 2.24) is 9.80 Å². The van der Waals surface area contributed by atoms with Crippen LogP contribution in [0.15, 0.2) is 47.2 Å². The minimum Gasteiger partial charge on any atom is -0.427 e. The molecule has 0 aliphatic carbocycles. The number of rotatable bonds is 15. The molecule has 168 valence electrons. The van der Waals surface area contributed by atoms with Gasteiger partial charge in [0.25, 0.3) is 6.26 Å². The molecule has 7 heteroatoms. The first-order chi connectivity index (χ1) is 14.2. The molecule has 30 heavy (non-hydrogen) atoms. The Labute approximate surface area is 184 Å². The largest absolute Gasteiger partial charge is 0.427 e. The van der Waals surface area contributed by atoms with Crippen molar-refractivity contribution < 1.29 is 13.9 Å². The van der Waals surface area contributed by atoms with Crippen molar-refractivity contribution in [3.63, 3.8) is 0 Å². The predicted octanol–water partition coefficient (Wildman–Crippen LogP) is 5.30. The summed E-state index contributed by atoms with van der Waals surface area (Å²) < 4.78 is 18.4. The molecule has 0 rings (SSSR count). The Balaban J connectivity index is 6.00. The summed E-state index contributed by atoms with van der Waals surface area (Å²) >= 11 is 0. The molecule has 0 saturated carbocycles.